The van der Waals surface area contributed by atoms with Crippen LogP contribution in [0.25, 0.3) is 11.0 Å². The minimum atomic E-state index is -0.400. The van der Waals surface area contributed by atoms with Gasteiger partial charge in [-0.1, -0.05) is 52.7 Å². The summed E-state index contributed by atoms with van der Waals surface area (Å²) < 4.78 is 13.4. The van der Waals surface area contributed by atoms with E-state index in [-0.39, 0.29) is 24.9 Å². The van der Waals surface area contributed by atoms with Crippen LogP contribution < -0.4 is 18.9 Å². The average Bonchev–Trinajstić information content (AvgIpc) is 3.04. The molecule has 0 bridgehead atoms. The van der Waals surface area contributed by atoms with E-state index in [1.807, 2.05) is 49.2 Å². The molecule has 0 fully saturated rings. The van der Waals surface area contributed by atoms with Crippen LogP contribution in [-0.2, 0) is 9.47 Å². The van der Waals surface area contributed by atoms with Crippen LogP contribution in [0.4, 0.5) is 0 Å². The van der Waals surface area contributed by atoms with E-state index < -0.39 is 6.29 Å². The van der Waals surface area contributed by atoms with E-state index in [1.165, 1.54) is 5.56 Å². The third kappa shape index (κ3) is 4.75. The molecule has 0 aliphatic carbocycles. The summed E-state index contributed by atoms with van der Waals surface area (Å²) in [5.74, 6) is 0. The third-order valence-electron chi connectivity index (χ3n) is 4.03. The van der Waals surface area contributed by atoms with Gasteiger partial charge in [-0.25, -0.2) is 6.42 Å². The summed E-state index contributed by atoms with van der Waals surface area (Å²) >= 11 is 0. The van der Waals surface area contributed by atoms with Crippen molar-refractivity contribution in [3.05, 3.63) is 66.1 Å². The molecule has 0 saturated carbocycles. The smallest absolute Gasteiger partial charge is 0.384 e. The van der Waals surface area contributed by atoms with Gasteiger partial charge in [0, 0.05) is 19.5 Å². The molecule has 132 valence electrons. The van der Waals surface area contributed by atoms with Gasteiger partial charge in [-0.3, -0.25) is 4.68 Å². The number of fused-ring (bicyclic) bond motifs is 1. The van der Waals surface area contributed by atoms with Crippen LogP contribution in [-0.4, -0.2) is 34.5 Å². The molecule has 2 aromatic carbocycles. The predicted molar refractivity (Wildman–Crippen MR) is 98.2 cm³/mol. The fourth-order valence-electron chi connectivity index (χ4n) is 2.92. The Morgan fingerprint density at radius 2 is 1.77 bits per heavy atom. The molecule has 0 aliphatic rings. The van der Waals surface area contributed by atoms with Gasteiger partial charge in [0.25, 0.3) is 0 Å². The van der Waals surface area contributed by atoms with E-state index in [1.54, 1.807) is 0 Å². The van der Waals surface area contributed by atoms with Gasteiger partial charge >= 0.3 is 18.9 Å². The number of aryl methyl sites for hydroxylation is 1. The molecule has 0 N–H and O–H groups in total. The number of benzene rings is 2. The molecular formula is C20H24LiN3O2. The number of aromatic nitrogens is 3. The molecular weight excluding hydrogens is 321 g/mol. The zero-order valence-electron chi connectivity index (χ0n) is 15.9. The number of para-hydroxylation sites is 1. The Bertz CT molecular complexity index is 815. The summed E-state index contributed by atoms with van der Waals surface area (Å²) in [4.78, 5) is 0. The van der Waals surface area contributed by atoms with Crippen molar-refractivity contribution >= 4 is 11.0 Å². The second-order valence-corrected chi connectivity index (χ2v) is 5.85. The topological polar surface area (TPSA) is 49.2 Å². The predicted octanol–water partition coefficient (Wildman–Crippen LogP) is 0.937. The van der Waals surface area contributed by atoms with Gasteiger partial charge in [0.05, 0.1) is 5.52 Å². The van der Waals surface area contributed by atoms with E-state index in [4.69, 9.17) is 9.47 Å². The van der Waals surface area contributed by atoms with Crippen molar-refractivity contribution in [1.82, 2.24) is 15.0 Å². The molecule has 5 nitrogen and oxygen atoms in total. The molecule has 26 heavy (non-hydrogen) atoms. The summed E-state index contributed by atoms with van der Waals surface area (Å²) in [5.41, 5.74) is 4.18. The van der Waals surface area contributed by atoms with Crippen molar-refractivity contribution in [3.63, 3.8) is 0 Å². The molecule has 1 aromatic heterocycles. The molecule has 3 rings (SSSR count). The van der Waals surface area contributed by atoms with Gasteiger partial charge in [-0.15, -0.1) is 5.10 Å². The monoisotopic (exact) mass is 345 g/mol. The Morgan fingerprint density at radius 1 is 1.04 bits per heavy atom. The first-order valence-electron chi connectivity index (χ1n) is 8.67. The Labute approximate surface area is 166 Å². The van der Waals surface area contributed by atoms with E-state index in [9.17, 15) is 0 Å². The molecule has 0 spiro atoms. The zero-order valence-corrected chi connectivity index (χ0v) is 15.9. The summed E-state index contributed by atoms with van der Waals surface area (Å²) in [6, 6.07) is 16.2. The van der Waals surface area contributed by atoms with Crippen molar-refractivity contribution in [1.29, 1.82) is 0 Å². The molecule has 1 unspecified atom stereocenters. The number of hydrogen-bond acceptors (Lipinski definition) is 4. The number of ether oxygens (including phenoxy) is 2. The van der Waals surface area contributed by atoms with Crippen molar-refractivity contribution in [2.24, 2.45) is 0 Å². The fraction of sp³-hybridized carbons (Fsp3) is 0.350. The molecule has 0 radical (unpaired) electrons. The first-order chi connectivity index (χ1) is 12.2. The Hall–Kier alpha value is -1.64. The van der Waals surface area contributed by atoms with Crippen LogP contribution >= 0.6 is 0 Å². The van der Waals surface area contributed by atoms with E-state index in [2.05, 4.69) is 41.5 Å². The van der Waals surface area contributed by atoms with Gasteiger partial charge in [0.15, 0.2) is 0 Å². The number of rotatable bonds is 8. The van der Waals surface area contributed by atoms with E-state index in [0.29, 0.717) is 13.2 Å². The van der Waals surface area contributed by atoms with Crippen LogP contribution in [0.3, 0.4) is 0 Å². The quantitative estimate of drug-likeness (QED) is 0.346. The maximum atomic E-state index is 5.74. The summed E-state index contributed by atoms with van der Waals surface area (Å²) in [7, 11) is 0. The van der Waals surface area contributed by atoms with Crippen LogP contribution in [0.1, 0.15) is 31.0 Å². The Kier molecular flexibility index (Phi) is 7.86. The second-order valence-electron chi connectivity index (χ2n) is 5.85. The van der Waals surface area contributed by atoms with Crippen molar-refractivity contribution in [2.75, 3.05) is 13.2 Å². The zero-order chi connectivity index (χ0) is 17.6. The number of hydrogen-bond donors (Lipinski definition) is 0. The minimum Gasteiger partial charge on any atom is -0.384 e. The summed E-state index contributed by atoms with van der Waals surface area (Å²) in [5, 5.41) is 8.70. The minimum absolute atomic E-state index is 0. The summed E-state index contributed by atoms with van der Waals surface area (Å²) in [6.07, 6.45) is 1.64. The van der Waals surface area contributed by atoms with Crippen LogP contribution in [0.5, 0.6) is 0 Å². The van der Waals surface area contributed by atoms with Crippen molar-refractivity contribution < 1.29 is 28.3 Å². The molecule has 6 heteroatoms. The number of nitrogens with zero attached hydrogens (tertiary/aromatic N) is 3. The first-order valence-corrected chi connectivity index (χ1v) is 8.67. The van der Waals surface area contributed by atoms with E-state index >= 15 is 0 Å². The molecule has 1 atom stereocenters. The van der Waals surface area contributed by atoms with Gasteiger partial charge in [-0.05, 0) is 38.9 Å². The van der Waals surface area contributed by atoms with Gasteiger partial charge < -0.3 is 9.47 Å². The van der Waals surface area contributed by atoms with Crippen LogP contribution in [0.2, 0.25) is 0 Å². The maximum absolute atomic E-state index is 5.74. The average molecular weight is 345 g/mol. The normalized spacial score (nSPS) is 12.3. The molecule has 3 aromatic rings. The van der Waals surface area contributed by atoms with Gasteiger partial charge in [0.1, 0.15) is 5.52 Å². The molecule has 0 amide bonds. The van der Waals surface area contributed by atoms with Crippen LogP contribution in [0, 0.1) is 13.3 Å². The Morgan fingerprint density at radius 3 is 2.46 bits per heavy atom. The van der Waals surface area contributed by atoms with Gasteiger partial charge in [-0.2, -0.15) is 0 Å². The van der Waals surface area contributed by atoms with E-state index in [0.717, 1.165) is 16.6 Å². The first kappa shape index (κ1) is 20.7. The Balaban J connectivity index is 0.00000243. The molecule has 0 aliphatic heterocycles. The largest absolute Gasteiger partial charge is 1.00 e. The standard InChI is InChI=1S/C20H24N3O2.Li/c1-4-24-20(25-5-2)14-19(16-10-8-9-15(3)13-16)23-18-12-7-6-11-17(18)21-22-23;/h6-14,19-20H,4-5H2,1-3H3;/q-1;+1. The molecule has 1 heterocycles. The van der Waals surface area contributed by atoms with Crippen LogP contribution in [0.15, 0.2) is 48.5 Å². The van der Waals surface area contributed by atoms with Crippen molar-refractivity contribution in [3.8, 4) is 0 Å². The third-order valence-corrected chi connectivity index (χ3v) is 4.03. The van der Waals surface area contributed by atoms with Gasteiger partial charge in [0.2, 0.25) is 0 Å². The molecule has 0 saturated heterocycles. The van der Waals surface area contributed by atoms with Crippen molar-refractivity contribution in [2.45, 2.75) is 33.1 Å². The second kappa shape index (κ2) is 9.89. The maximum Gasteiger partial charge on any atom is 1.00 e. The summed E-state index contributed by atoms with van der Waals surface area (Å²) in [6.45, 7) is 7.18. The fourth-order valence-corrected chi connectivity index (χ4v) is 2.92. The SMILES string of the molecule is CCOC([CH-]C(c1cccc(C)c1)n1nnc2ccccc21)OCC.[Li+].